The molecule has 16 heavy (non-hydrogen) atoms. The van der Waals surface area contributed by atoms with Crippen LogP contribution in [-0.4, -0.2) is 35.6 Å². The third-order valence-corrected chi connectivity index (χ3v) is 3.97. The highest BCUT2D eigenvalue weighted by Gasteiger charge is 2.55. The minimum atomic E-state index is 0.0433. The summed E-state index contributed by atoms with van der Waals surface area (Å²) in [6, 6.07) is 0. The Morgan fingerprint density at radius 1 is 1.38 bits per heavy atom. The average molecular weight is 223 g/mol. The first-order valence-corrected chi connectivity index (χ1v) is 6.30. The van der Waals surface area contributed by atoms with Crippen LogP contribution < -0.4 is 0 Å². The molecular formula is C13H21NO2. The molecule has 2 fully saturated rings. The number of amides is 1. The van der Waals surface area contributed by atoms with E-state index in [2.05, 4.69) is 6.58 Å². The highest BCUT2D eigenvalue weighted by molar-refractivity contribution is 5.82. The van der Waals surface area contributed by atoms with Gasteiger partial charge in [-0.05, 0) is 24.7 Å². The van der Waals surface area contributed by atoms with Crippen molar-refractivity contribution in [3.8, 4) is 0 Å². The van der Waals surface area contributed by atoms with Crippen LogP contribution in [0, 0.1) is 17.8 Å². The molecular weight excluding hydrogens is 202 g/mol. The molecule has 0 aromatic rings. The predicted molar refractivity (Wildman–Crippen MR) is 62.8 cm³/mol. The quantitative estimate of drug-likeness (QED) is 0.716. The fraction of sp³-hybridized carbons (Fsp3) is 0.769. The Bertz CT molecular complexity index is 265. The minimum absolute atomic E-state index is 0.0433. The summed E-state index contributed by atoms with van der Waals surface area (Å²) in [5.74, 6) is 1.79. The largest absolute Gasteiger partial charge is 0.395 e. The van der Waals surface area contributed by atoms with Gasteiger partial charge in [0.25, 0.3) is 0 Å². The van der Waals surface area contributed by atoms with Crippen LogP contribution in [0.5, 0.6) is 0 Å². The zero-order valence-electron chi connectivity index (χ0n) is 9.77. The highest BCUT2D eigenvalue weighted by Crippen LogP contribution is 2.56. The molecule has 2 atom stereocenters. The van der Waals surface area contributed by atoms with Crippen LogP contribution >= 0.6 is 0 Å². The van der Waals surface area contributed by atoms with E-state index in [0.29, 0.717) is 24.9 Å². The van der Waals surface area contributed by atoms with Crippen molar-refractivity contribution < 1.29 is 9.90 Å². The third kappa shape index (κ3) is 2.14. The first-order valence-electron chi connectivity index (χ1n) is 6.30. The molecule has 0 spiro atoms. The van der Waals surface area contributed by atoms with Crippen LogP contribution in [0.15, 0.2) is 12.7 Å². The number of carbonyl (C=O) groups excluding carboxylic acids is 1. The van der Waals surface area contributed by atoms with Crippen molar-refractivity contribution in [3.63, 3.8) is 0 Å². The van der Waals surface area contributed by atoms with Gasteiger partial charge in [0.2, 0.25) is 5.91 Å². The van der Waals surface area contributed by atoms with Gasteiger partial charge < -0.3 is 10.0 Å². The fourth-order valence-electron chi connectivity index (χ4n) is 3.14. The van der Waals surface area contributed by atoms with E-state index in [1.54, 1.807) is 11.0 Å². The molecule has 0 aliphatic heterocycles. The van der Waals surface area contributed by atoms with Gasteiger partial charge >= 0.3 is 0 Å². The molecule has 0 radical (unpaired) electrons. The number of aliphatic hydroxyl groups excluding tert-OH is 1. The molecule has 2 rings (SSSR count). The number of carbonyl (C=O) groups is 1. The molecule has 2 aliphatic carbocycles. The van der Waals surface area contributed by atoms with E-state index in [1.807, 2.05) is 0 Å². The maximum Gasteiger partial charge on any atom is 0.226 e. The number of fused-ring (bicyclic) bond motifs is 1. The molecule has 3 heteroatoms. The van der Waals surface area contributed by atoms with Gasteiger partial charge in [0.1, 0.15) is 0 Å². The topological polar surface area (TPSA) is 40.5 Å². The lowest BCUT2D eigenvalue weighted by molar-refractivity contribution is -0.133. The number of hydrogen-bond acceptors (Lipinski definition) is 2. The van der Waals surface area contributed by atoms with E-state index >= 15 is 0 Å². The van der Waals surface area contributed by atoms with Crippen LogP contribution in [0.2, 0.25) is 0 Å². The second-order valence-corrected chi connectivity index (χ2v) is 4.93. The van der Waals surface area contributed by atoms with Gasteiger partial charge in [-0.1, -0.05) is 18.9 Å². The highest BCUT2D eigenvalue weighted by atomic mass is 16.3. The summed E-state index contributed by atoms with van der Waals surface area (Å²) < 4.78 is 0. The molecule has 1 amide bonds. The molecule has 0 bridgehead atoms. The summed E-state index contributed by atoms with van der Waals surface area (Å²) in [6.07, 6.45) is 6.75. The lowest BCUT2D eigenvalue weighted by Gasteiger charge is -2.20. The average Bonchev–Trinajstić information content (AvgIpc) is 3.02. The second kappa shape index (κ2) is 5.00. The molecule has 0 heterocycles. The Morgan fingerprint density at radius 3 is 2.50 bits per heavy atom. The van der Waals surface area contributed by atoms with Gasteiger partial charge in [-0.25, -0.2) is 0 Å². The molecule has 90 valence electrons. The normalized spacial score (nSPS) is 31.7. The third-order valence-electron chi connectivity index (χ3n) is 3.97. The van der Waals surface area contributed by atoms with Crippen LogP contribution in [0.25, 0.3) is 0 Å². The van der Waals surface area contributed by atoms with Gasteiger partial charge in [-0.15, -0.1) is 6.58 Å². The summed E-state index contributed by atoms with van der Waals surface area (Å²) in [7, 11) is 0. The Morgan fingerprint density at radius 2 is 2.00 bits per heavy atom. The van der Waals surface area contributed by atoms with Crippen molar-refractivity contribution in [3.05, 3.63) is 12.7 Å². The van der Waals surface area contributed by atoms with Crippen LogP contribution in [-0.2, 0) is 4.79 Å². The fourth-order valence-corrected chi connectivity index (χ4v) is 3.14. The standard InChI is InChI=1S/C13H21NO2/c1-2-7-14(8-9-15)13(16)12-10-5-3-4-6-11(10)12/h2,10-12,15H,1,3-9H2. The van der Waals surface area contributed by atoms with Gasteiger partial charge in [-0.2, -0.15) is 0 Å². The first-order chi connectivity index (χ1) is 7.79. The van der Waals surface area contributed by atoms with Gasteiger partial charge in [-0.3, -0.25) is 4.79 Å². The summed E-state index contributed by atoms with van der Waals surface area (Å²) in [6.45, 7) is 4.71. The van der Waals surface area contributed by atoms with Crippen molar-refractivity contribution >= 4 is 5.91 Å². The summed E-state index contributed by atoms with van der Waals surface area (Å²) in [5.41, 5.74) is 0. The maximum absolute atomic E-state index is 12.2. The van der Waals surface area contributed by atoms with Crippen molar-refractivity contribution in [1.82, 2.24) is 4.90 Å². The first kappa shape index (κ1) is 11.6. The number of rotatable bonds is 5. The van der Waals surface area contributed by atoms with Crippen molar-refractivity contribution in [2.75, 3.05) is 19.7 Å². The van der Waals surface area contributed by atoms with Crippen molar-refractivity contribution in [1.29, 1.82) is 0 Å². The predicted octanol–water partition coefficient (Wildman–Crippen LogP) is 1.43. The van der Waals surface area contributed by atoms with Crippen molar-refractivity contribution in [2.45, 2.75) is 25.7 Å². The van der Waals surface area contributed by atoms with Crippen LogP contribution in [0.1, 0.15) is 25.7 Å². The Kier molecular flexibility index (Phi) is 3.64. The minimum Gasteiger partial charge on any atom is -0.395 e. The van der Waals surface area contributed by atoms with E-state index in [1.165, 1.54) is 25.7 Å². The van der Waals surface area contributed by atoms with E-state index in [-0.39, 0.29) is 18.4 Å². The van der Waals surface area contributed by atoms with Gasteiger partial charge in [0.05, 0.1) is 6.61 Å². The molecule has 3 nitrogen and oxygen atoms in total. The molecule has 2 unspecified atom stereocenters. The van der Waals surface area contributed by atoms with Gasteiger partial charge in [0, 0.05) is 19.0 Å². The molecule has 0 aromatic carbocycles. The number of hydrogen-bond donors (Lipinski definition) is 1. The van der Waals surface area contributed by atoms with E-state index in [9.17, 15) is 4.79 Å². The molecule has 0 aromatic heterocycles. The Hall–Kier alpha value is -0.830. The molecule has 2 aliphatic rings. The van der Waals surface area contributed by atoms with Crippen LogP contribution in [0.3, 0.4) is 0 Å². The van der Waals surface area contributed by atoms with E-state index in [4.69, 9.17) is 5.11 Å². The summed E-state index contributed by atoms with van der Waals surface area (Å²) in [5, 5.41) is 8.94. The summed E-state index contributed by atoms with van der Waals surface area (Å²) >= 11 is 0. The number of aliphatic hydroxyl groups is 1. The molecule has 1 N–H and O–H groups in total. The Balaban J connectivity index is 1.92. The van der Waals surface area contributed by atoms with E-state index in [0.717, 1.165) is 0 Å². The molecule has 2 saturated carbocycles. The summed E-state index contributed by atoms with van der Waals surface area (Å²) in [4.78, 5) is 14.0. The Labute approximate surface area is 97.1 Å². The van der Waals surface area contributed by atoms with E-state index < -0.39 is 0 Å². The lowest BCUT2D eigenvalue weighted by Crippen LogP contribution is -2.35. The molecule has 0 saturated heterocycles. The maximum atomic E-state index is 12.2. The monoisotopic (exact) mass is 223 g/mol. The SMILES string of the molecule is C=CCN(CCO)C(=O)C1C2CCCCC21. The number of nitrogens with zero attached hydrogens (tertiary/aromatic N) is 1. The van der Waals surface area contributed by atoms with Crippen LogP contribution in [0.4, 0.5) is 0 Å². The van der Waals surface area contributed by atoms with Crippen molar-refractivity contribution in [2.24, 2.45) is 17.8 Å². The zero-order chi connectivity index (χ0) is 11.5. The zero-order valence-corrected chi connectivity index (χ0v) is 9.77. The smallest absolute Gasteiger partial charge is 0.226 e. The lowest BCUT2D eigenvalue weighted by atomic mass is 10.0. The van der Waals surface area contributed by atoms with Gasteiger partial charge in [0.15, 0.2) is 0 Å². The second-order valence-electron chi connectivity index (χ2n) is 4.93.